The largest absolute Gasteiger partial charge is 0.239 e. The fourth-order valence-corrected chi connectivity index (χ4v) is 3.38. The van der Waals surface area contributed by atoms with E-state index in [-0.39, 0.29) is 9.79 Å². The average Bonchev–Trinajstić information content (AvgIpc) is 2.00. The molecule has 0 atom stereocenters. The van der Waals surface area contributed by atoms with Crippen molar-refractivity contribution in [1.82, 2.24) is 0 Å². The number of hydrogen-bond donors (Lipinski definition) is 2. The van der Waals surface area contributed by atoms with Gasteiger partial charge in [0.1, 0.15) is 0 Å². The van der Waals surface area contributed by atoms with Crippen LogP contribution in [0.1, 0.15) is 0 Å². The molecule has 9 heteroatoms. The van der Waals surface area contributed by atoms with Crippen molar-refractivity contribution < 1.29 is 16.8 Å². The second kappa shape index (κ2) is 3.97. The van der Waals surface area contributed by atoms with Gasteiger partial charge >= 0.3 is 0 Å². The molecular formula is C6H7IN2O4S2. The maximum Gasteiger partial charge on any atom is 0.239 e. The Morgan fingerprint density at radius 3 is 1.93 bits per heavy atom. The van der Waals surface area contributed by atoms with Crippen LogP contribution in [-0.2, 0) is 20.0 Å². The molecule has 0 aliphatic rings. The van der Waals surface area contributed by atoms with E-state index in [2.05, 4.69) is 0 Å². The van der Waals surface area contributed by atoms with Crippen molar-refractivity contribution in [1.29, 1.82) is 0 Å². The average molecular weight is 362 g/mol. The highest BCUT2D eigenvalue weighted by molar-refractivity contribution is 14.1. The van der Waals surface area contributed by atoms with Gasteiger partial charge in [0.25, 0.3) is 0 Å². The Labute approximate surface area is 101 Å². The number of nitrogens with two attached hydrogens (primary N) is 2. The zero-order valence-electron chi connectivity index (χ0n) is 7.21. The van der Waals surface area contributed by atoms with Gasteiger partial charge in [0.05, 0.1) is 9.79 Å². The van der Waals surface area contributed by atoms with Crippen molar-refractivity contribution in [2.24, 2.45) is 10.3 Å². The minimum atomic E-state index is -3.94. The fraction of sp³-hybridized carbons (Fsp3) is 0. The van der Waals surface area contributed by atoms with Crippen LogP contribution in [0.15, 0.2) is 28.0 Å². The molecule has 0 radical (unpaired) electrons. The SMILES string of the molecule is NS(=O)(=O)c1ccc(I)c(S(N)(=O)=O)c1. The Balaban J connectivity index is 3.57. The van der Waals surface area contributed by atoms with Crippen molar-refractivity contribution in [3.05, 3.63) is 21.8 Å². The quantitative estimate of drug-likeness (QED) is 0.695. The van der Waals surface area contributed by atoms with E-state index in [0.717, 1.165) is 6.07 Å². The summed E-state index contributed by atoms with van der Waals surface area (Å²) in [7, 11) is -7.87. The summed E-state index contributed by atoms with van der Waals surface area (Å²) in [5.41, 5.74) is 0. The third-order valence-electron chi connectivity index (χ3n) is 1.54. The molecule has 15 heavy (non-hydrogen) atoms. The van der Waals surface area contributed by atoms with Crippen LogP contribution in [-0.4, -0.2) is 16.8 Å². The van der Waals surface area contributed by atoms with Crippen LogP contribution in [0.25, 0.3) is 0 Å². The molecule has 0 saturated heterocycles. The Hall–Kier alpha value is -0.230. The summed E-state index contributed by atoms with van der Waals surface area (Å²) in [5, 5.41) is 9.75. The summed E-state index contributed by atoms with van der Waals surface area (Å²) in [4.78, 5) is -0.540. The first-order valence-corrected chi connectivity index (χ1v) is 7.64. The summed E-state index contributed by atoms with van der Waals surface area (Å²) in [6.45, 7) is 0. The van der Waals surface area contributed by atoms with Gasteiger partial charge in [-0.15, -0.1) is 0 Å². The lowest BCUT2D eigenvalue weighted by Gasteiger charge is -2.04. The highest BCUT2D eigenvalue weighted by Crippen LogP contribution is 2.20. The topological polar surface area (TPSA) is 120 Å². The van der Waals surface area contributed by atoms with Gasteiger partial charge < -0.3 is 0 Å². The van der Waals surface area contributed by atoms with Gasteiger partial charge in [-0.05, 0) is 40.8 Å². The van der Waals surface area contributed by atoms with E-state index in [9.17, 15) is 16.8 Å². The van der Waals surface area contributed by atoms with Crippen LogP contribution >= 0.6 is 22.6 Å². The summed E-state index contributed by atoms with van der Waals surface area (Å²) in [6, 6.07) is 3.47. The first-order valence-electron chi connectivity index (χ1n) is 3.47. The van der Waals surface area contributed by atoms with Gasteiger partial charge in [-0.1, -0.05) is 0 Å². The van der Waals surface area contributed by atoms with Crippen LogP contribution in [0.4, 0.5) is 0 Å². The van der Waals surface area contributed by atoms with Crippen LogP contribution in [0.3, 0.4) is 0 Å². The van der Waals surface area contributed by atoms with Crippen molar-refractivity contribution in [3.8, 4) is 0 Å². The van der Waals surface area contributed by atoms with Gasteiger partial charge in [-0.3, -0.25) is 0 Å². The molecule has 0 fully saturated rings. The van der Waals surface area contributed by atoms with Crippen LogP contribution < -0.4 is 10.3 Å². The molecule has 6 nitrogen and oxygen atoms in total. The summed E-state index contributed by atoms with van der Waals surface area (Å²) >= 11 is 1.74. The number of benzene rings is 1. The maximum absolute atomic E-state index is 11.1. The van der Waals surface area contributed by atoms with E-state index < -0.39 is 20.0 Å². The van der Waals surface area contributed by atoms with Gasteiger partial charge in [0.15, 0.2) is 0 Å². The molecule has 0 aromatic heterocycles. The standard InChI is InChI=1S/C6H7IN2O4S2/c7-5-2-1-4(14(8,10)11)3-6(5)15(9,12)13/h1-3H,(H2,8,10,11)(H2,9,12,13). The van der Waals surface area contributed by atoms with Crippen molar-refractivity contribution in [2.75, 3.05) is 0 Å². The molecule has 0 aliphatic carbocycles. The molecule has 0 amide bonds. The fourth-order valence-electron chi connectivity index (χ4n) is 0.879. The number of rotatable bonds is 2. The van der Waals surface area contributed by atoms with Crippen molar-refractivity contribution >= 4 is 42.6 Å². The Kier molecular flexibility index (Phi) is 3.40. The molecule has 0 bridgehead atoms. The molecule has 0 aliphatic heterocycles. The Bertz CT molecular complexity index is 594. The van der Waals surface area contributed by atoms with Crippen molar-refractivity contribution in [2.45, 2.75) is 9.79 Å². The predicted octanol–water partition coefficient (Wildman–Crippen LogP) is -0.414. The minimum absolute atomic E-state index is 0.255. The first kappa shape index (κ1) is 12.8. The third kappa shape index (κ3) is 3.11. The van der Waals surface area contributed by atoms with E-state index in [4.69, 9.17) is 10.3 Å². The molecule has 0 spiro atoms. The van der Waals surface area contributed by atoms with Gasteiger partial charge in [0.2, 0.25) is 20.0 Å². The summed E-state index contributed by atoms with van der Waals surface area (Å²) in [5.74, 6) is 0. The predicted molar refractivity (Wildman–Crippen MR) is 61.9 cm³/mol. The highest BCUT2D eigenvalue weighted by Gasteiger charge is 2.16. The molecule has 84 valence electrons. The zero-order valence-corrected chi connectivity index (χ0v) is 11.0. The van der Waals surface area contributed by atoms with Gasteiger partial charge in [-0.2, -0.15) is 0 Å². The lowest BCUT2D eigenvalue weighted by molar-refractivity contribution is 0.595. The lowest BCUT2D eigenvalue weighted by atomic mass is 10.4. The van der Waals surface area contributed by atoms with Crippen LogP contribution in [0.5, 0.6) is 0 Å². The molecular weight excluding hydrogens is 355 g/mol. The van der Waals surface area contributed by atoms with E-state index in [1.54, 1.807) is 22.6 Å². The molecule has 0 saturated carbocycles. The Morgan fingerprint density at radius 2 is 1.53 bits per heavy atom. The van der Waals surface area contributed by atoms with E-state index in [1.165, 1.54) is 12.1 Å². The minimum Gasteiger partial charge on any atom is -0.225 e. The summed E-state index contributed by atoms with van der Waals surface area (Å²) < 4.78 is 44.4. The number of halogens is 1. The van der Waals surface area contributed by atoms with Gasteiger partial charge in [0, 0.05) is 3.57 Å². The number of sulfonamides is 2. The molecule has 0 unspecified atom stereocenters. The molecule has 1 rings (SSSR count). The smallest absolute Gasteiger partial charge is 0.225 e. The molecule has 0 heterocycles. The molecule has 4 N–H and O–H groups in total. The maximum atomic E-state index is 11.1. The third-order valence-corrected chi connectivity index (χ3v) is 4.71. The van der Waals surface area contributed by atoms with Crippen LogP contribution in [0.2, 0.25) is 0 Å². The zero-order chi connectivity index (χ0) is 11.9. The van der Waals surface area contributed by atoms with E-state index >= 15 is 0 Å². The van der Waals surface area contributed by atoms with E-state index in [0.29, 0.717) is 3.57 Å². The lowest BCUT2D eigenvalue weighted by Crippen LogP contribution is -2.17. The first-order chi connectivity index (χ1) is 6.62. The normalized spacial score (nSPS) is 12.7. The van der Waals surface area contributed by atoms with Gasteiger partial charge in [-0.25, -0.2) is 27.1 Å². The molecule has 1 aromatic carbocycles. The Morgan fingerprint density at radius 1 is 1.00 bits per heavy atom. The number of primary sulfonamides is 2. The van der Waals surface area contributed by atoms with Crippen molar-refractivity contribution in [3.63, 3.8) is 0 Å². The number of hydrogen-bond acceptors (Lipinski definition) is 4. The molecule has 1 aromatic rings. The monoisotopic (exact) mass is 362 g/mol. The van der Waals surface area contributed by atoms with Crippen LogP contribution in [0, 0.1) is 3.57 Å². The van der Waals surface area contributed by atoms with E-state index in [1.807, 2.05) is 0 Å². The highest BCUT2D eigenvalue weighted by atomic mass is 127. The second-order valence-corrected chi connectivity index (χ2v) is 6.94. The summed E-state index contributed by atoms with van der Waals surface area (Å²) in [6.07, 6.45) is 0. The second-order valence-electron chi connectivity index (χ2n) is 2.68.